The largest absolute Gasteiger partial charge is 0.480 e. The van der Waals surface area contributed by atoms with Crippen LogP contribution in [0.15, 0.2) is 41.2 Å². The van der Waals surface area contributed by atoms with Crippen LogP contribution in [0.25, 0.3) is 10.9 Å². The second-order valence-electron chi connectivity index (χ2n) is 14.2. The van der Waals surface area contributed by atoms with Crippen molar-refractivity contribution < 1.29 is 44.1 Å². The minimum absolute atomic E-state index is 0.0195. The van der Waals surface area contributed by atoms with Crippen molar-refractivity contribution in [2.45, 2.75) is 101 Å². The van der Waals surface area contributed by atoms with Gasteiger partial charge in [-0.15, -0.1) is 12.3 Å². The number of carbonyl (C=O) groups is 5. The number of aliphatic hydroxyl groups is 1. The second kappa shape index (κ2) is 18.6. The molecular weight excluding hydrogens is 715 g/mol. The third-order valence-electron chi connectivity index (χ3n) is 9.56. The summed E-state index contributed by atoms with van der Waals surface area (Å²) in [5.74, 6) is -1.80. The Bertz CT molecular complexity index is 1970. The van der Waals surface area contributed by atoms with Crippen molar-refractivity contribution in [3.05, 3.63) is 74.8 Å². The van der Waals surface area contributed by atoms with Gasteiger partial charge in [0.2, 0.25) is 11.8 Å². The van der Waals surface area contributed by atoms with Crippen molar-refractivity contribution in [3.63, 3.8) is 0 Å². The average molecular weight is 762 g/mol. The Morgan fingerprint density at radius 2 is 1.65 bits per heavy atom. The molecule has 4 rings (SSSR count). The summed E-state index contributed by atoms with van der Waals surface area (Å²) in [5.41, 5.74) is 3.21. The lowest BCUT2D eigenvalue weighted by Crippen LogP contribution is -2.44. The zero-order valence-electron chi connectivity index (χ0n) is 30.3. The number of hydrogen-bond donors (Lipinski definition) is 8. The highest BCUT2D eigenvalue weighted by Gasteiger charge is 2.32. The number of aliphatic carboxylic acids is 2. The van der Waals surface area contributed by atoms with E-state index in [4.69, 9.17) is 6.42 Å². The van der Waals surface area contributed by atoms with Crippen molar-refractivity contribution in [3.8, 4) is 12.3 Å². The summed E-state index contributed by atoms with van der Waals surface area (Å²) < 4.78 is 0. The van der Waals surface area contributed by atoms with Crippen LogP contribution in [0.3, 0.4) is 0 Å². The van der Waals surface area contributed by atoms with E-state index in [1.165, 1.54) is 0 Å². The molecule has 0 saturated heterocycles. The number of rotatable bonds is 19. The number of carbonyl (C=O) groups excluding carboxylic acids is 3. The molecule has 15 nitrogen and oxygen atoms in total. The molecule has 0 aliphatic heterocycles. The molecule has 2 aromatic carbocycles. The summed E-state index contributed by atoms with van der Waals surface area (Å²) in [6, 6.07) is 8.11. The fourth-order valence-electron chi connectivity index (χ4n) is 6.73. The van der Waals surface area contributed by atoms with Gasteiger partial charge in [-0.3, -0.25) is 19.2 Å². The molecule has 0 spiro atoms. The molecule has 1 heterocycles. The smallest absolute Gasteiger partial charge is 0.326 e. The number of carboxylic acid groups (broad SMARTS) is 2. The maximum absolute atomic E-state index is 13.1. The number of carboxylic acids is 2. The number of amides is 3. The van der Waals surface area contributed by atoms with Crippen LogP contribution in [-0.4, -0.2) is 86.7 Å². The molecule has 16 heteroatoms. The molecule has 0 radical (unpaired) electrons. The molecule has 3 aromatic rings. The number of nitrogens with one attached hydrogen (secondary N) is 4. The maximum Gasteiger partial charge on any atom is 0.326 e. The Kier molecular flexibility index (Phi) is 14.2. The monoisotopic (exact) mass is 761 g/mol. The Balaban J connectivity index is 1.34. The highest BCUT2D eigenvalue weighted by Crippen LogP contribution is 2.45. The molecule has 8 N–H and O–H groups in total. The van der Waals surface area contributed by atoms with Crippen molar-refractivity contribution in [2.75, 3.05) is 6.54 Å². The summed E-state index contributed by atoms with van der Waals surface area (Å²) >= 11 is 0. The van der Waals surface area contributed by atoms with Crippen LogP contribution >= 0.6 is 0 Å². The SMILES string of the molecule is C#CCC(c1ccc(C(=O)N[C@@H](CCC(=O)N[C@H](CCC(=O)NCCC[Si](C)(C)O)C(=O)O)C(=O)O)cc1)[C@H]1CCc2cc3nc(CO)[nH]c(=O)c3cc21. The highest BCUT2D eigenvalue weighted by atomic mass is 28.4. The number of benzene rings is 2. The summed E-state index contributed by atoms with van der Waals surface area (Å²) in [7, 11) is -2.24. The van der Waals surface area contributed by atoms with E-state index in [0.717, 1.165) is 29.5 Å². The third kappa shape index (κ3) is 11.3. The number of H-pyrrole nitrogens is 1. The van der Waals surface area contributed by atoms with Crippen molar-refractivity contribution in [2.24, 2.45) is 0 Å². The Morgan fingerprint density at radius 1 is 1.00 bits per heavy atom. The van der Waals surface area contributed by atoms with Crippen LogP contribution in [0.5, 0.6) is 0 Å². The molecule has 1 aromatic heterocycles. The predicted octanol–water partition coefficient (Wildman–Crippen LogP) is 2.27. The van der Waals surface area contributed by atoms with Crippen LogP contribution in [-0.2, 0) is 32.2 Å². The first-order valence-electron chi connectivity index (χ1n) is 17.8. The minimum atomic E-state index is -2.24. The Hall–Kier alpha value is -5.37. The second-order valence-corrected chi connectivity index (χ2v) is 18.3. The predicted molar refractivity (Wildman–Crippen MR) is 201 cm³/mol. The van der Waals surface area contributed by atoms with E-state index in [1.807, 2.05) is 12.1 Å². The summed E-state index contributed by atoms with van der Waals surface area (Å²) in [5, 5.41) is 36.6. The minimum Gasteiger partial charge on any atom is -0.480 e. The van der Waals surface area contributed by atoms with Crippen LogP contribution in [0.1, 0.15) is 89.7 Å². The fourth-order valence-corrected chi connectivity index (χ4v) is 7.77. The van der Waals surface area contributed by atoms with Crippen LogP contribution < -0.4 is 21.5 Å². The summed E-state index contributed by atoms with van der Waals surface area (Å²) in [4.78, 5) is 91.1. The van der Waals surface area contributed by atoms with E-state index in [0.29, 0.717) is 36.3 Å². The molecular formula is C38H47N5O10Si. The van der Waals surface area contributed by atoms with Crippen LogP contribution in [0, 0.1) is 12.3 Å². The average Bonchev–Trinajstić information content (AvgIpc) is 3.53. The number of terminal acetylenes is 1. The molecule has 1 unspecified atom stereocenters. The third-order valence-corrected chi connectivity index (χ3v) is 11.1. The Morgan fingerprint density at radius 3 is 2.26 bits per heavy atom. The molecule has 3 amide bonds. The first-order chi connectivity index (χ1) is 25.6. The fraction of sp³-hybridized carbons (Fsp3) is 0.447. The highest BCUT2D eigenvalue weighted by molar-refractivity contribution is 6.69. The van der Waals surface area contributed by atoms with E-state index in [-0.39, 0.29) is 54.7 Å². The maximum atomic E-state index is 13.1. The van der Waals surface area contributed by atoms with E-state index in [9.17, 15) is 48.9 Å². The van der Waals surface area contributed by atoms with Gasteiger partial charge in [-0.05, 0) is 98.1 Å². The van der Waals surface area contributed by atoms with Crippen molar-refractivity contribution in [1.82, 2.24) is 25.9 Å². The Labute approximate surface area is 313 Å². The number of aromatic amines is 1. The van der Waals surface area contributed by atoms with Gasteiger partial charge in [-0.25, -0.2) is 14.6 Å². The molecule has 0 bridgehead atoms. The van der Waals surface area contributed by atoms with Crippen molar-refractivity contribution >= 4 is 48.9 Å². The van der Waals surface area contributed by atoms with Gasteiger partial charge in [0.15, 0.2) is 8.32 Å². The van der Waals surface area contributed by atoms with Gasteiger partial charge in [-0.2, -0.15) is 0 Å². The first kappa shape index (κ1) is 41.4. The van der Waals surface area contributed by atoms with Crippen LogP contribution in [0.4, 0.5) is 0 Å². The van der Waals surface area contributed by atoms with E-state index in [2.05, 4.69) is 31.8 Å². The zero-order chi connectivity index (χ0) is 39.6. The van der Waals surface area contributed by atoms with E-state index < -0.39 is 56.5 Å². The molecule has 1 aliphatic carbocycles. The van der Waals surface area contributed by atoms with Gasteiger partial charge in [0, 0.05) is 37.3 Å². The molecule has 0 fully saturated rings. The molecule has 4 atom stereocenters. The molecule has 1 aliphatic rings. The van der Waals surface area contributed by atoms with Gasteiger partial charge in [0.05, 0.1) is 10.9 Å². The number of aliphatic hydroxyl groups excluding tert-OH is 1. The first-order valence-corrected chi connectivity index (χ1v) is 21.0. The molecule has 54 heavy (non-hydrogen) atoms. The standard InChI is InChI=1S/C38H47N5O10Si/c1-4-6-25(26-12-11-24-19-31-28(20-27(24)26)36(48)43-32(21-44)40-31)22-7-9-23(10-8-22)35(47)42-30(38(51)52)14-16-34(46)41-29(37(49)50)13-15-33(45)39-17-5-18-54(2,3)53/h1,7-10,19-20,25-26,29-30,44,53H,5-6,11-18,21H2,2-3H3,(H,39,45)(H,41,46)(H,42,47)(H,49,50)(H,51,52)(H,40,43,48)/t25?,26-,29-,30+/m1/s1. The lowest BCUT2D eigenvalue weighted by molar-refractivity contribution is -0.143. The number of aromatic nitrogens is 2. The van der Waals surface area contributed by atoms with Gasteiger partial charge in [0.25, 0.3) is 11.5 Å². The quantitative estimate of drug-likeness (QED) is 0.0500. The van der Waals surface area contributed by atoms with Gasteiger partial charge in [-0.1, -0.05) is 12.1 Å². The van der Waals surface area contributed by atoms with Crippen LogP contribution in [0.2, 0.25) is 19.1 Å². The number of nitrogens with zero attached hydrogens (tertiary/aromatic N) is 1. The van der Waals surface area contributed by atoms with Gasteiger partial charge < -0.3 is 41.0 Å². The van der Waals surface area contributed by atoms with Gasteiger partial charge in [0.1, 0.15) is 24.5 Å². The van der Waals surface area contributed by atoms with E-state index in [1.54, 1.807) is 37.4 Å². The van der Waals surface area contributed by atoms with Crippen molar-refractivity contribution in [1.29, 1.82) is 0 Å². The van der Waals surface area contributed by atoms with Gasteiger partial charge >= 0.3 is 11.9 Å². The van der Waals surface area contributed by atoms with E-state index >= 15 is 0 Å². The molecule has 288 valence electrons. The normalized spacial score (nSPS) is 15.4. The lowest BCUT2D eigenvalue weighted by atomic mass is 9.80. The summed E-state index contributed by atoms with van der Waals surface area (Å²) in [6.45, 7) is 3.53. The number of hydrogen-bond acceptors (Lipinski definition) is 9. The lowest BCUT2D eigenvalue weighted by Gasteiger charge is -2.24. The summed E-state index contributed by atoms with van der Waals surface area (Å²) in [6.07, 6.45) is 7.20. The molecule has 0 saturated carbocycles. The number of fused-ring (bicyclic) bond motifs is 2. The zero-order valence-corrected chi connectivity index (χ0v) is 31.3. The number of aryl methyl sites for hydroxylation is 1. The topological polar surface area (TPSA) is 248 Å².